The second kappa shape index (κ2) is 5.51. The summed E-state index contributed by atoms with van der Waals surface area (Å²) in [5, 5.41) is 0.448. The van der Waals surface area contributed by atoms with Crippen LogP contribution in [0.4, 0.5) is 5.69 Å². The fraction of sp³-hybridized carbons (Fsp3) is 0.263. The third-order valence-electron chi connectivity index (χ3n) is 4.86. The van der Waals surface area contributed by atoms with Crippen molar-refractivity contribution in [2.45, 2.75) is 13.3 Å². The number of nitrogens with zero attached hydrogens (tertiary/aromatic N) is 2. The molecule has 0 bridgehead atoms. The first-order valence-corrected chi connectivity index (χ1v) is 8.17. The molecule has 4 rings (SSSR count). The van der Waals surface area contributed by atoms with Crippen molar-refractivity contribution in [1.82, 2.24) is 9.55 Å². The Bertz CT molecular complexity index is 1060. The summed E-state index contributed by atoms with van der Waals surface area (Å²) in [7, 11) is 3.31. The molecule has 0 fully saturated rings. The van der Waals surface area contributed by atoms with Gasteiger partial charge in [-0.25, -0.2) is 0 Å². The standard InChI is InChI=1S/C19H19N3O3/c1-11-10-21(2)19(24)16-14(9-20-17(11)16)18(23)22-7-6-12-4-5-13(25-3)8-15(12)22/h4-5,8-10,20H,6-7H2,1-3H3. The molecule has 25 heavy (non-hydrogen) atoms. The number of aromatic nitrogens is 2. The van der Waals surface area contributed by atoms with Crippen LogP contribution in [0.3, 0.4) is 0 Å². The summed E-state index contributed by atoms with van der Waals surface area (Å²) < 4.78 is 6.80. The van der Waals surface area contributed by atoms with Crippen LogP contribution < -0.4 is 15.2 Å². The van der Waals surface area contributed by atoms with Crippen LogP contribution in [0, 0.1) is 6.92 Å². The lowest BCUT2D eigenvalue weighted by Crippen LogP contribution is -2.30. The number of fused-ring (bicyclic) bond motifs is 2. The highest BCUT2D eigenvalue weighted by Crippen LogP contribution is 2.33. The van der Waals surface area contributed by atoms with Crippen molar-refractivity contribution < 1.29 is 9.53 Å². The van der Waals surface area contributed by atoms with Gasteiger partial charge < -0.3 is 19.2 Å². The number of hydrogen-bond donors (Lipinski definition) is 1. The number of aryl methyl sites for hydroxylation is 2. The molecule has 0 spiro atoms. The third-order valence-corrected chi connectivity index (χ3v) is 4.86. The van der Waals surface area contributed by atoms with E-state index in [4.69, 9.17) is 4.74 Å². The quantitative estimate of drug-likeness (QED) is 0.781. The Balaban J connectivity index is 1.85. The van der Waals surface area contributed by atoms with Crippen molar-refractivity contribution in [3.05, 3.63) is 57.6 Å². The molecule has 6 nitrogen and oxygen atoms in total. The summed E-state index contributed by atoms with van der Waals surface area (Å²) in [6.45, 7) is 2.52. The van der Waals surface area contributed by atoms with E-state index in [2.05, 4.69) is 4.98 Å². The topological polar surface area (TPSA) is 67.3 Å². The van der Waals surface area contributed by atoms with E-state index in [1.54, 1.807) is 31.5 Å². The van der Waals surface area contributed by atoms with Gasteiger partial charge in [0.15, 0.2) is 0 Å². The normalized spacial score (nSPS) is 13.3. The molecule has 6 heteroatoms. The van der Waals surface area contributed by atoms with Crippen LogP contribution in [0.15, 0.2) is 35.4 Å². The molecule has 1 amide bonds. The Morgan fingerprint density at radius 3 is 2.88 bits per heavy atom. The first-order valence-electron chi connectivity index (χ1n) is 8.17. The molecule has 0 atom stereocenters. The van der Waals surface area contributed by atoms with E-state index in [0.29, 0.717) is 23.2 Å². The van der Waals surface area contributed by atoms with Crippen molar-refractivity contribution in [2.24, 2.45) is 7.05 Å². The van der Waals surface area contributed by atoms with Gasteiger partial charge in [-0.05, 0) is 30.5 Å². The zero-order chi connectivity index (χ0) is 17.7. The number of nitrogens with one attached hydrogen (secondary N) is 1. The molecular weight excluding hydrogens is 318 g/mol. The van der Waals surface area contributed by atoms with Gasteiger partial charge in [0.1, 0.15) is 5.75 Å². The van der Waals surface area contributed by atoms with E-state index in [-0.39, 0.29) is 11.5 Å². The number of hydrogen-bond acceptors (Lipinski definition) is 3. The van der Waals surface area contributed by atoms with E-state index < -0.39 is 0 Å². The number of aromatic amines is 1. The lowest BCUT2D eigenvalue weighted by Gasteiger charge is -2.17. The predicted octanol–water partition coefficient (Wildman–Crippen LogP) is 2.39. The molecule has 3 aromatic rings. The first-order chi connectivity index (χ1) is 12.0. The first kappa shape index (κ1) is 15.5. The molecule has 1 aliphatic rings. The summed E-state index contributed by atoms with van der Waals surface area (Å²) in [6.07, 6.45) is 4.20. The van der Waals surface area contributed by atoms with Crippen molar-refractivity contribution in [3.8, 4) is 5.75 Å². The molecule has 2 aromatic heterocycles. The number of carbonyl (C=O) groups excluding carboxylic acids is 1. The third kappa shape index (κ3) is 2.25. The zero-order valence-corrected chi connectivity index (χ0v) is 14.4. The average Bonchev–Trinajstić information content (AvgIpc) is 3.23. The SMILES string of the molecule is COc1ccc2c(c1)N(C(=O)c1c[nH]c3c(C)cn(C)c(=O)c13)CC2. The van der Waals surface area contributed by atoms with E-state index in [0.717, 1.165) is 28.8 Å². The second-order valence-corrected chi connectivity index (χ2v) is 6.38. The molecule has 0 aliphatic carbocycles. The molecule has 1 aliphatic heterocycles. The van der Waals surface area contributed by atoms with Gasteiger partial charge in [-0.1, -0.05) is 6.07 Å². The Labute approximate surface area is 144 Å². The number of carbonyl (C=O) groups is 1. The highest BCUT2D eigenvalue weighted by molar-refractivity contribution is 6.14. The van der Waals surface area contributed by atoms with Gasteiger partial charge in [0.05, 0.1) is 29.3 Å². The maximum Gasteiger partial charge on any atom is 0.260 e. The van der Waals surface area contributed by atoms with Gasteiger partial charge in [0.2, 0.25) is 0 Å². The average molecular weight is 337 g/mol. The Morgan fingerprint density at radius 1 is 1.32 bits per heavy atom. The van der Waals surface area contributed by atoms with E-state index in [9.17, 15) is 9.59 Å². The Morgan fingerprint density at radius 2 is 2.12 bits per heavy atom. The number of benzene rings is 1. The minimum absolute atomic E-state index is 0.166. The summed E-state index contributed by atoms with van der Waals surface area (Å²) in [5.74, 6) is 0.546. The summed E-state index contributed by atoms with van der Waals surface area (Å²) in [6, 6.07) is 5.76. The van der Waals surface area contributed by atoms with Crippen LogP contribution in [0.5, 0.6) is 5.75 Å². The monoisotopic (exact) mass is 337 g/mol. The van der Waals surface area contributed by atoms with E-state index >= 15 is 0 Å². The van der Waals surface area contributed by atoms with Crippen molar-refractivity contribution >= 4 is 22.5 Å². The molecule has 1 N–H and O–H groups in total. The van der Waals surface area contributed by atoms with Crippen LogP contribution in [0.1, 0.15) is 21.5 Å². The van der Waals surface area contributed by atoms with Crippen LogP contribution in [-0.4, -0.2) is 29.1 Å². The molecule has 0 unspecified atom stereocenters. The summed E-state index contributed by atoms with van der Waals surface area (Å²) in [5.41, 5.74) is 3.85. The predicted molar refractivity (Wildman–Crippen MR) is 96.7 cm³/mol. The lowest BCUT2D eigenvalue weighted by molar-refractivity contribution is 0.0991. The second-order valence-electron chi connectivity index (χ2n) is 6.38. The summed E-state index contributed by atoms with van der Waals surface area (Å²) >= 11 is 0. The number of H-pyrrole nitrogens is 1. The number of anilines is 1. The maximum atomic E-state index is 13.2. The zero-order valence-electron chi connectivity index (χ0n) is 14.4. The van der Waals surface area contributed by atoms with E-state index in [1.165, 1.54) is 4.57 Å². The Hall–Kier alpha value is -3.02. The largest absolute Gasteiger partial charge is 0.497 e. The molecule has 3 heterocycles. The van der Waals surface area contributed by atoms with Crippen molar-refractivity contribution in [2.75, 3.05) is 18.6 Å². The number of methoxy groups -OCH3 is 1. The van der Waals surface area contributed by atoms with Crippen LogP contribution in [0.25, 0.3) is 10.9 Å². The Kier molecular flexibility index (Phi) is 3.42. The summed E-state index contributed by atoms with van der Waals surface area (Å²) in [4.78, 5) is 30.6. The molecule has 0 saturated heterocycles. The molecule has 0 saturated carbocycles. The van der Waals surface area contributed by atoms with Gasteiger partial charge >= 0.3 is 0 Å². The fourth-order valence-corrected chi connectivity index (χ4v) is 3.56. The van der Waals surface area contributed by atoms with Gasteiger partial charge in [0, 0.05) is 32.1 Å². The van der Waals surface area contributed by atoms with Crippen molar-refractivity contribution in [1.29, 1.82) is 0 Å². The van der Waals surface area contributed by atoms with Gasteiger partial charge in [-0.15, -0.1) is 0 Å². The van der Waals surface area contributed by atoms with Gasteiger partial charge in [-0.3, -0.25) is 9.59 Å². The lowest BCUT2D eigenvalue weighted by atomic mass is 10.1. The van der Waals surface area contributed by atoms with Crippen LogP contribution in [0.2, 0.25) is 0 Å². The fourth-order valence-electron chi connectivity index (χ4n) is 3.56. The molecular formula is C19H19N3O3. The molecule has 0 radical (unpaired) electrons. The highest BCUT2D eigenvalue weighted by Gasteiger charge is 2.28. The van der Waals surface area contributed by atoms with Crippen LogP contribution >= 0.6 is 0 Å². The number of ether oxygens (including phenoxy) is 1. The number of pyridine rings is 1. The van der Waals surface area contributed by atoms with E-state index in [1.807, 2.05) is 25.1 Å². The molecule has 128 valence electrons. The smallest absolute Gasteiger partial charge is 0.260 e. The minimum atomic E-state index is -0.171. The van der Waals surface area contributed by atoms with Crippen molar-refractivity contribution in [3.63, 3.8) is 0 Å². The minimum Gasteiger partial charge on any atom is -0.497 e. The van der Waals surface area contributed by atoms with Gasteiger partial charge in [0.25, 0.3) is 11.5 Å². The number of rotatable bonds is 2. The molecule has 1 aromatic carbocycles. The number of amides is 1. The maximum absolute atomic E-state index is 13.2. The highest BCUT2D eigenvalue weighted by atomic mass is 16.5. The van der Waals surface area contributed by atoms with Crippen LogP contribution in [-0.2, 0) is 13.5 Å². The van der Waals surface area contributed by atoms with Gasteiger partial charge in [-0.2, -0.15) is 0 Å².